The fourth-order valence-corrected chi connectivity index (χ4v) is 4.78. The van der Waals surface area contributed by atoms with E-state index >= 15 is 0 Å². The Morgan fingerprint density at radius 1 is 0.576 bits per heavy atom. The maximum Gasteiger partial charge on any atom is 0.308 e. The number of para-hydroxylation sites is 2. The number of hydrogen-bond acceptors (Lipinski definition) is 2. The Bertz CT molecular complexity index is 1700. The number of rotatable bonds is 3. The molecule has 0 aliphatic rings. The van der Waals surface area contributed by atoms with Gasteiger partial charge in [0, 0.05) is 16.3 Å². The Morgan fingerprint density at radius 2 is 1.15 bits per heavy atom. The van der Waals surface area contributed by atoms with Crippen LogP contribution in [-0.2, 0) is 0 Å². The molecule has 7 rings (SSSR count). The number of benzene rings is 4. The van der Waals surface area contributed by atoms with Crippen LogP contribution in [0.3, 0.4) is 0 Å². The van der Waals surface area contributed by atoms with Gasteiger partial charge in [0.1, 0.15) is 12.0 Å². The number of hydrogen-bond donors (Lipinski definition) is 0. The highest BCUT2D eigenvalue weighted by Crippen LogP contribution is 2.37. The van der Waals surface area contributed by atoms with Crippen LogP contribution in [0.15, 0.2) is 120 Å². The third-order valence-corrected chi connectivity index (χ3v) is 6.29. The monoisotopic (exact) mass is 425 g/mol. The summed E-state index contributed by atoms with van der Waals surface area (Å²) in [7, 11) is 0. The highest BCUT2D eigenvalue weighted by Gasteiger charge is 2.22. The summed E-state index contributed by atoms with van der Waals surface area (Å²) in [5.74, 6) is 1.55. The molecule has 0 radical (unpaired) electrons. The van der Waals surface area contributed by atoms with Crippen molar-refractivity contribution in [1.82, 2.24) is 14.0 Å². The van der Waals surface area contributed by atoms with Crippen molar-refractivity contribution < 1.29 is 4.42 Å². The first-order valence-electron chi connectivity index (χ1n) is 11.0. The quantitative estimate of drug-likeness (QED) is 0.296. The fourth-order valence-electron chi connectivity index (χ4n) is 4.78. The molecule has 0 aliphatic heterocycles. The molecule has 3 heterocycles. The van der Waals surface area contributed by atoms with Gasteiger partial charge in [-0.2, -0.15) is 4.98 Å². The standard InChI is InChI=1S/C29H19N3O/c1-2-8-20(9-3-1)21-14-16-22(17-15-21)27-28(31-18-19-33-29(31)30-27)32-25-12-6-4-10-23(25)24-11-5-7-13-26(24)32/h1-19H. The largest absolute Gasteiger partial charge is 0.432 e. The number of aromatic nitrogens is 3. The van der Waals surface area contributed by atoms with Crippen LogP contribution in [0.2, 0.25) is 0 Å². The molecule has 0 aliphatic carbocycles. The van der Waals surface area contributed by atoms with E-state index in [9.17, 15) is 0 Å². The highest BCUT2D eigenvalue weighted by molar-refractivity contribution is 6.09. The van der Waals surface area contributed by atoms with Crippen molar-refractivity contribution in [1.29, 1.82) is 0 Å². The second-order valence-corrected chi connectivity index (χ2v) is 8.15. The molecule has 7 aromatic rings. The minimum absolute atomic E-state index is 0.578. The zero-order chi connectivity index (χ0) is 21.8. The second-order valence-electron chi connectivity index (χ2n) is 8.15. The zero-order valence-corrected chi connectivity index (χ0v) is 17.7. The molecule has 0 spiro atoms. The summed E-state index contributed by atoms with van der Waals surface area (Å²) in [6, 6.07) is 36.0. The smallest absolute Gasteiger partial charge is 0.308 e. The summed E-state index contributed by atoms with van der Waals surface area (Å²) in [4.78, 5) is 4.89. The molecular formula is C29H19N3O. The lowest BCUT2D eigenvalue weighted by molar-refractivity contribution is 0.596. The molecule has 0 saturated carbocycles. The minimum atomic E-state index is 0.578. The van der Waals surface area contributed by atoms with Crippen LogP contribution in [0.5, 0.6) is 0 Å². The van der Waals surface area contributed by atoms with Gasteiger partial charge < -0.3 is 4.42 Å². The van der Waals surface area contributed by atoms with E-state index in [-0.39, 0.29) is 0 Å². The summed E-state index contributed by atoms with van der Waals surface area (Å²) in [6.45, 7) is 0. The van der Waals surface area contributed by atoms with Crippen LogP contribution in [0.4, 0.5) is 0 Å². The molecular weight excluding hydrogens is 406 g/mol. The van der Waals surface area contributed by atoms with Crippen LogP contribution in [-0.4, -0.2) is 14.0 Å². The van der Waals surface area contributed by atoms with Gasteiger partial charge >= 0.3 is 5.84 Å². The van der Waals surface area contributed by atoms with Crippen molar-refractivity contribution in [2.45, 2.75) is 0 Å². The average Bonchev–Trinajstić information content (AvgIpc) is 3.57. The van der Waals surface area contributed by atoms with E-state index in [4.69, 9.17) is 9.40 Å². The molecule has 0 N–H and O–H groups in total. The molecule has 0 saturated heterocycles. The average molecular weight is 425 g/mol. The Kier molecular flexibility index (Phi) is 3.81. The van der Waals surface area contributed by atoms with Crippen LogP contribution >= 0.6 is 0 Å². The van der Waals surface area contributed by atoms with E-state index in [0.29, 0.717) is 5.84 Å². The van der Waals surface area contributed by atoms with Gasteiger partial charge in [0.2, 0.25) is 0 Å². The van der Waals surface area contributed by atoms with E-state index in [0.717, 1.165) is 28.1 Å². The fraction of sp³-hybridized carbons (Fsp3) is 0. The lowest BCUT2D eigenvalue weighted by Gasteiger charge is -2.10. The maximum atomic E-state index is 5.71. The summed E-state index contributed by atoms with van der Waals surface area (Å²) in [5, 5.41) is 2.44. The number of oxazole rings is 1. The normalized spacial score (nSPS) is 11.6. The summed E-state index contributed by atoms with van der Waals surface area (Å²) < 4.78 is 10.0. The molecule has 4 heteroatoms. The van der Waals surface area contributed by atoms with Crippen molar-refractivity contribution in [3.05, 3.63) is 116 Å². The van der Waals surface area contributed by atoms with Crippen molar-refractivity contribution in [2.24, 2.45) is 0 Å². The van der Waals surface area contributed by atoms with Crippen LogP contribution in [0.1, 0.15) is 0 Å². The molecule has 4 aromatic carbocycles. The lowest BCUT2D eigenvalue weighted by atomic mass is 10.0. The van der Waals surface area contributed by atoms with Crippen molar-refractivity contribution in [3.63, 3.8) is 0 Å². The molecule has 0 atom stereocenters. The van der Waals surface area contributed by atoms with Gasteiger partial charge in [-0.25, -0.2) is 0 Å². The third-order valence-electron chi connectivity index (χ3n) is 6.29. The first-order chi connectivity index (χ1) is 16.4. The third kappa shape index (κ3) is 2.68. The molecule has 33 heavy (non-hydrogen) atoms. The van der Waals surface area contributed by atoms with Gasteiger partial charge in [-0.1, -0.05) is 91.0 Å². The Labute approximate surface area is 190 Å². The molecule has 0 amide bonds. The SMILES string of the molecule is c1ccc(-c2ccc(-c3nc4occn4c3-n3c4ccccc4c4ccccc43)cc2)cc1. The summed E-state index contributed by atoms with van der Waals surface area (Å²) in [5.41, 5.74) is 6.60. The van der Waals surface area contributed by atoms with E-state index in [1.807, 2.05) is 16.7 Å². The van der Waals surface area contributed by atoms with E-state index in [1.165, 1.54) is 21.9 Å². The Balaban J connectivity index is 1.50. The molecule has 4 nitrogen and oxygen atoms in total. The van der Waals surface area contributed by atoms with Gasteiger partial charge in [0.25, 0.3) is 0 Å². The maximum absolute atomic E-state index is 5.71. The van der Waals surface area contributed by atoms with Gasteiger partial charge in [0.05, 0.1) is 17.2 Å². The van der Waals surface area contributed by atoms with E-state index < -0.39 is 0 Å². The van der Waals surface area contributed by atoms with E-state index in [2.05, 4.69) is 102 Å². The van der Waals surface area contributed by atoms with Crippen LogP contribution in [0, 0.1) is 0 Å². The number of nitrogens with zero attached hydrogens (tertiary/aromatic N) is 3. The van der Waals surface area contributed by atoms with Gasteiger partial charge in [-0.3, -0.25) is 8.97 Å². The highest BCUT2D eigenvalue weighted by atomic mass is 16.3. The van der Waals surface area contributed by atoms with Crippen LogP contribution in [0.25, 0.3) is 55.9 Å². The molecule has 156 valence electrons. The van der Waals surface area contributed by atoms with Crippen molar-refractivity contribution >= 4 is 27.6 Å². The molecule has 3 aromatic heterocycles. The van der Waals surface area contributed by atoms with Crippen LogP contribution < -0.4 is 0 Å². The van der Waals surface area contributed by atoms with Crippen molar-refractivity contribution in [3.8, 4) is 28.2 Å². The van der Waals surface area contributed by atoms with Gasteiger partial charge in [0.15, 0.2) is 5.82 Å². The minimum Gasteiger partial charge on any atom is -0.432 e. The number of fused-ring (bicyclic) bond motifs is 4. The Hall–Kier alpha value is -4.57. The Morgan fingerprint density at radius 3 is 1.85 bits per heavy atom. The molecule has 0 fully saturated rings. The summed E-state index contributed by atoms with van der Waals surface area (Å²) in [6.07, 6.45) is 3.62. The predicted octanol–water partition coefficient (Wildman–Crippen LogP) is 7.36. The van der Waals surface area contributed by atoms with Gasteiger partial charge in [-0.05, 0) is 23.3 Å². The van der Waals surface area contributed by atoms with Gasteiger partial charge in [-0.15, -0.1) is 0 Å². The predicted molar refractivity (Wildman–Crippen MR) is 133 cm³/mol. The summed E-state index contributed by atoms with van der Waals surface area (Å²) >= 11 is 0. The number of imidazole rings is 1. The first kappa shape index (κ1) is 18.0. The van der Waals surface area contributed by atoms with Crippen molar-refractivity contribution in [2.75, 3.05) is 0 Å². The second kappa shape index (κ2) is 6.97. The zero-order valence-electron chi connectivity index (χ0n) is 17.7. The molecule has 0 unspecified atom stereocenters. The van der Waals surface area contributed by atoms with E-state index in [1.54, 1.807) is 6.26 Å². The first-order valence-corrected chi connectivity index (χ1v) is 11.0. The topological polar surface area (TPSA) is 35.4 Å². The molecule has 0 bridgehead atoms. The lowest BCUT2D eigenvalue weighted by Crippen LogP contribution is -2.00.